The van der Waals surface area contributed by atoms with Crippen molar-refractivity contribution in [3.8, 4) is 0 Å². The summed E-state index contributed by atoms with van der Waals surface area (Å²) in [5, 5.41) is 0.428. The number of carbonyl (C=O) groups excluding carboxylic acids is 1. The highest BCUT2D eigenvalue weighted by atomic mass is 32.2. The number of rotatable bonds is 1. The van der Waals surface area contributed by atoms with E-state index in [0.29, 0.717) is 11.8 Å². The Balaban J connectivity index is 1.99. The van der Waals surface area contributed by atoms with Crippen LogP contribution in [-0.2, 0) is 9.53 Å². The van der Waals surface area contributed by atoms with Crippen molar-refractivity contribution >= 4 is 17.7 Å². The van der Waals surface area contributed by atoms with E-state index in [4.69, 9.17) is 4.74 Å². The first kappa shape index (κ1) is 6.49. The summed E-state index contributed by atoms with van der Waals surface area (Å²) in [4.78, 5) is 12.7. The minimum Gasteiger partial charge on any atom is -0.369 e. The molecule has 0 aromatic rings. The molecule has 2 fully saturated rings. The number of nitrogens with zero attached hydrogens (tertiary/aromatic N) is 1. The molecular weight excluding hydrogens is 150 g/mol. The van der Waals surface area contributed by atoms with E-state index in [9.17, 15) is 4.79 Å². The van der Waals surface area contributed by atoms with Crippen molar-refractivity contribution in [3.05, 3.63) is 0 Å². The van der Waals surface area contributed by atoms with Gasteiger partial charge in [0.05, 0.1) is 18.3 Å². The summed E-state index contributed by atoms with van der Waals surface area (Å²) in [6.07, 6.45) is 0.713. The number of amides is 1. The van der Waals surface area contributed by atoms with Crippen LogP contribution in [0.2, 0.25) is 0 Å². The van der Waals surface area contributed by atoms with Crippen LogP contribution in [0.4, 0.5) is 0 Å². The van der Waals surface area contributed by atoms with Crippen molar-refractivity contribution in [1.29, 1.82) is 0 Å². The number of fused-ring (bicyclic) bond motifs is 1. The van der Waals surface area contributed by atoms with E-state index in [1.165, 1.54) is 0 Å². The molecule has 10 heavy (non-hydrogen) atoms. The second kappa shape index (κ2) is 2.13. The van der Waals surface area contributed by atoms with Crippen molar-refractivity contribution in [1.82, 2.24) is 4.90 Å². The second-order valence-electron chi connectivity index (χ2n) is 2.51. The number of thioether (sulfide) groups is 1. The van der Waals surface area contributed by atoms with E-state index in [1.54, 1.807) is 18.9 Å². The average Bonchev–Trinajstić information content (AvgIpc) is 2.26. The summed E-state index contributed by atoms with van der Waals surface area (Å²) in [5.41, 5.74) is 0.219. The smallest absolute Gasteiger partial charge is 0.226 e. The molecule has 0 saturated carbocycles. The SMILES string of the molecule is COC1CN2C(=O)CC2S1. The van der Waals surface area contributed by atoms with Crippen LogP contribution in [0.15, 0.2) is 0 Å². The van der Waals surface area contributed by atoms with Gasteiger partial charge in [-0.3, -0.25) is 4.79 Å². The van der Waals surface area contributed by atoms with Crippen LogP contribution in [0.5, 0.6) is 0 Å². The normalized spacial score (nSPS) is 37.7. The van der Waals surface area contributed by atoms with E-state index in [-0.39, 0.29) is 11.3 Å². The minimum atomic E-state index is 0.219. The quantitative estimate of drug-likeness (QED) is 0.514. The monoisotopic (exact) mass is 159 g/mol. The lowest BCUT2D eigenvalue weighted by atomic mass is 10.2. The molecule has 2 unspecified atom stereocenters. The lowest BCUT2D eigenvalue weighted by Gasteiger charge is -2.32. The highest BCUT2D eigenvalue weighted by Crippen LogP contribution is 2.39. The molecule has 2 atom stereocenters. The lowest BCUT2D eigenvalue weighted by molar-refractivity contribution is -0.141. The Labute approximate surface area is 63.7 Å². The standard InChI is InChI=1S/C6H9NO2S/c1-9-6-3-7-4(8)2-5(7)10-6/h5-6H,2-3H2,1H3. The molecule has 3 nitrogen and oxygen atoms in total. The molecule has 1 amide bonds. The van der Waals surface area contributed by atoms with E-state index in [2.05, 4.69) is 0 Å². The Morgan fingerprint density at radius 3 is 3.10 bits per heavy atom. The molecule has 0 bridgehead atoms. The van der Waals surface area contributed by atoms with Gasteiger partial charge in [-0.25, -0.2) is 0 Å². The Kier molecular flexibility index (Phi) is 1.38. The van der Waals surface area contributed by atoms with Crippen LogP contribution in [0.1, 0.15) is 6.42 Å². The molecule has 4 heteroatoms. The molecule has 0 aromatic heterocycles. The summed E-state index contributed by atoms with van der Waals surface area (Å²) in [6.45, 7) is 0.782. The topological polar surface area (TPSA) is 29.5 Å². The average molecular weight is 159 g/mol. The van der Waals surface area contributed by atoms with Gasteiger partial charge < -0.3 is 9.64 Å². The molecule has 0 radical (unpaired) electrons. The Hall–Kier alpha value is -0.220. The van der Waals surface area contributed by atoms with Crippen molar-refractivity contribution in [3.63, 3.8) is 0 Å². The molecule has 2 rings (SSSR count). The predicted molar refractivity (Wildman–Crippen MR) is 38.5 cm³/mol. The molecule has 0 spiro atoms. The maximum Gasteiger partial charge on any atom is 0.226 e. The minimum absolute atomic E-state index is 0.219. The van der Waals surface area contributed by atoms with Crippen molar-refractivity contribution in [2.24, 2.45) is 0 Å². The third kappa shape index (κ3) is 0.754. The van der Waals surface area contributed by atoms with Crippen LogP contribution >= 0.6 is 11.8 Å². The van der Waals surface area contributed by atoms with Gasteiger partial charge in [0.25, 0.3) is 0 Å². The molecule has 2 aliphatic rings. The predicted octanol–water partition coefficient (Wildman–Crippen LogP) is 0.264. The highest BCUT2D eigenvalue weighted by molar-refractivity contribution is 8.00. The van der Waals surface area contributed by atoms with Gasteiger partial charge in [0.15, 0.2) is 0 Å². The first-order chi connectivity index (χ1) is 4.81. The second-order valence-corrected chi connectivity index (χ2v) is 3.85. The first-order valence-electron chi connectivity index (χ1n) is 3.29. The third-order valence-electron chi connectivity index (χ3n) is 1.93. The van der Waals surface area contributed by atoms with Crippen LogP contribution in [0.3, 0.4) is 0 Å². The number of β-lactam (4-membered cyclic amide) rings is 1. The van der Waals surface area contributed by atoms with E-state index >= 15 is 0 Å². The van der Waals surface area contributed by atoms with Crippen LogP contribution in [0, 0.1) is 0 Å². The molecular formula is C6H9NO2S. The molecule has 0 aliphatic carbocycles. The van der Waals surface area contributed by atoms with Gasteiger partial charge in [-0.2, -0.15) is 0 Å². The zero-order chi connectivity index (χ0) is 7.14. The van der Waals surface area contributed by atoms with Crippen LogP contribution < -0.4 is 0 Å². The molecule has 0 N–H and O–H groups in total. The van der Waals surface area contributed by atoms with Crippen molar-refractivity contribution < 1.29 is 9.53 Å². The Bertz CT molecular complexity index is 173. The molecule has 2 heterocycles. The summed E-state index contributed by atoms with van der Waals surface area (Å²) in [7, 11) is 1.69. The van der Waals surface area contributed by atoms with Gasteiger partial charge >= 0.3 is 0 Å². The molecule has 2 saturated heterocycles. The third-order valence-corrected chi connectivity index (χ3v) is 3.32. The largest absolute Gasteiger partial charge is 0.369 e. The number of methoxy groups -OCH3 is 1. The summed E-state index contributed by atoms with van der Waals surface area (Å²) in [5.74, 6) is 0.275. The Morgan fingerprint density at radius 1 is 1.80 bits per heavy atom. The molecule has 0 aromatic carbocycles. The van der Waals surface area contributed by atoms with Crippen molar-refractivity contribution in [2.75, 3.05) is 13.7 Å². The van der Waals surface area contributed by atoms with E-state index < -0.39 is 0 Å². The number of carbonyl (C=O) groups is 1. The van der Waals surface area contributed by atoms with E-state index in [1.807, 2.05) is 4.90 Å². The van der Waals surface area contributed by atoms with E-state index in [0.717, 1.165) is 6.54 Å². The summed E-state index contributed by atoms with van der Waals surface area (Å²) >= 11 is 1.75. The molecule has 56 valence electrons. The summed E-state index contributed by atoms with van der Waals surface area (Å²) < 4.78 is 5.11. The van der Waals surface area contributed by atoms with Crippen LogP contribution in [-0.4, -0.2) is 35.3 Å². The number of ether oxygens (including phenoxy) is 1. The summed E-state index contributed by atoms with van der Waals surface area (Å²) in [6, 6.07) is 0. The van der Waals surface area contributed by atoms with Crippen LogP contribution in [0.25, 0.3) is 0 Å². The van der Waals surface area contributed by atoms with Gasteiger partial charge in [0.1, 0.15) is 5.44 Å². The van der Waals surface area contributed by atoms with Gasteiger partial charge in [0.2, 0.25) is 5.91 Å². The fraction of sp³-hybridized carbons (Fsp3) is 0.833. The maximum absolute atomic E-state index is 10.8. The molecule has 2 aliphatic heterocycles. The number of hydrogen-bond donors (Lipinski definition) is 0. The van der Waals surface area contributed by atoms with Crippen molar-refractivity contribution in [2.45, 2.75) is 17.2 Å². The van der Waals surface area contributed by atoms with Gasteiger partial charge in [-0.1, -0.05) is 0 Å². The fourth-order valence-electron chi connectivity index (χ4n) is 1.27. The Morgan fingerprint density at radius 2 is 2.60 bits per heavy atom. The number of hydrogen-bond acceptors (Lipinski definition) is 3. The van der Waals surface area contributed by atoms with Gasteiger partial charge in [0, 0.05) is 7.11 Å². The highest BCUT2D eigenvalue weighted by Gasteiger charge is 2.44. The zero-order valence-corrected chi connectivity index (χ0v) is 6.56. The van der Waals surface area contributed by atoms with Gasteiger partial charge in [-0.05, 0) is 0 Å². The zero-order valence-electron chi connectivity index (χ0n) is 5.74. The first-order valence-corrected chi connectivity index (χ1v) is 4.23. The maximum atomic E-state index is 10.8. The van der Waals surface area contributed by atoms with Gasteiger partial charge in [-0.15, -0.1) is 11.8 Å². The lowest BCUT2D eigenvalue weighted by Crippen LogP contribution is -2.47. The fourth-order valence-corrected chi connectivity index (χ4v) is 2.57.